The number of ether oxygens (including phenoxy) is 1. The van der Waals surface area contributed by atoms with Crippen molar-refractivity contribution >= 4 is 11.7 Å². The number of para-hydroxylation sites is 2. The lowest BCUT2D eigenvalue weighted by atomic mass is 10.1. The zero-order valence-electron chi connectivity index (χ0n) is 12.1. The SMILES string of the molecule is COc1ccccc1-n1cc(C2=CCN(C(=O)O)CC2)nn1. The van der Waals surface area contributed by atoms with Crippen molar-refractivity contribution in [2.24, 2.45) is 0 Å². The van der Waals surface area contributed by atoms with E-state index < -0.39 is 6.09 Å². The van der Waals surface area contributed by atoms with E-state index in [9.17, 15) is 4.79 Å². The molecule has 1 aliphatic heterocycles. The fourth-order valence-electron chi connectivity index (χ4n) is 2.42. The maximum absolute atomic E-state index is 10.9. The van der Waals surface area contributed by atoms with Gasteiger partial charge in [-0.2, -0.15) is 0 Å². The van der Waals surface area contributed by atoms with Crippen LogP contribution in [-0.2, 0) is 0 Å². The second kappa shape index (κ2) is 5.88. The topological polar surface area (TPSA) is 80.5 Å². The Bertz CT molecular complexity index is 723. The molecular formula is C15H16N4O3. The molecule has 114 valence electrons. The predicted molar refractivity (Wildman–Crippen MR) is 80.1 cm³/mol. The van der Waals surface area contributed by atoms with Crippen LogP contribution in [0.5, 0.6) is 5.75 Å². The molecule has 0 unspecified atom stereocenters. The van der Waals surface area contributed by atoms with Gasteiger partial charge in [0, 0.05) is 13.1 Å². The van der Waals surface area contributed by atoms with E-state index in [1.807, 2.05) is 36.5 Å². The molecule has 0 aliphatic carbocycles. The van der Waals surface area contributed by atoms with Gasteiger partial charge in [-0.25, -0.2) is 9.48 Å². The third kappa shape index (κ3) is 2.65. The van der Waals surface area contributed by atoms with Gasteiger partial charge in [0.05, 0.1) is 13.3 Å². The summed E-state index contributed by atoms with van der Waals surface area (Å²) in [5, 5.41) is 17.3. The highest BCUT2D eigenvalue weighted by Crippen LogP contribution is 2.24. The Balaban J connectivity index is 1.84. The Morgan fingerprint density at radius 3 is 2.86 bits per heavy atom. The minimum atomic E-state index is -0.895. The number of carboxylic acid groups (broad SMARTS) is 1. The van der Waals surface area contributed by atoms with Gasteiger partial charge in [-0.15, -0.1) is 5.10 Å². The average Bonchev–Trinajstić information content (AvgIpc) is 3.04. The lowest BCUT2D eigenvalue weighted by molar-refractivity contribution is 0.150. The van der Waals surface area contributed by atoms with Crippen LogP contribution in [-0.4, -0.2) is 51.3 Å². The van der Waals surface area contributed by atoms with Crippen molar-refractivity contribution in [2.75, 3.05) is 20.2 Å². The summed E-state index contributed by atoms with van der Waals surface area (Å²) in [6.45, 7) is 0.856. The maximum atomic E-state index is 10.9. The number of aromatic nitrogens is 3. The van der Waals surface area contributed by atoms with E-state index in [4.69, 9.17) is 9.84 Å². The summed E-state index contributed by atoms with van der Waals surface area (Å²) in [4.78, 5) is 12.3. The monoisotopic (exact) mass is 300 g/mol. The number of rotatable bonds is 3. The van der Waals surface area contributed by atoms with E-state index in [0.717, 1.165) is 17.0 Å². The maximum Gasteiger partial charge on any atom is 0.407 e. The number of nitrogens with zero attached hydrogens (tertiary/aromatic N) is 4. The third-order valence-electron chi connectivity index (χ3n) is 3.63. The quantitative estimate of drug-likeness (QED) is 0.938. The van der Waals surface area contributed by atoms with Crippen molar-refractivity contribution in [2.45, 2.75) is 6.42 Å². The normalized spacial score (nSPS) is 14.6. The summed E-state index contributed by atoms with van der Waals surface area (Å²) in [5.41, 5.74) is 2.59. The Kier molecular flexibility index (Phi) is 3.78. The van der Waals surface area contributed by atoms with Crippen LogP contribution in [0.25, 0.3) is 11.3 Å². The van der Waals surface area contributed by atoms with E-state index in [1.165, 1.54) is 4.90 Å². The van der Waals surface area contributed by atoms with Gasteiger partial charge in [0.2, 0.25) is 0 Å². The molecule has 1 N–H and O–H groups in total. The van der Waals surface area contributed by atoms with Crippen molar-refractivity contribution in [3.8, 4) is 11.4 Å². The first kappa shape index (κ1) is 14.1. The summed E-state index contributed by atoms with van der Waals surface area (Å²) in [6.07, 6.45) is 3.46. The lowest BCUT2D eigenvalue weighted by Gasteiger charge is -2.22. The van der Waals surface area contributed by atoms with Crippen LogP contribution >= 0.6 is 0 Å². The number of benzene rings is 1. The van der Waals surface area contributed by atoms with E-state index in [0.29, 0.717) is 25.3 Å². The summed E-state index contributed by atoms with van der Waals surface area (Å²) < 4.78 is 6.98. The molecule has 1 aliphatic rings. The van der Waals surface area contributed by atoms with Gasteiger partial charge in [-0.1, -0.05) is 23.4 Å². The molecule has 0 bridgehead atoms. The largest absolute Gasteiger partial charge is 0.494 e. The number of hydrogen-bond acceptors (Lipinski definition) is 4. The van der Waals surface area contributed by atoms with Crippen LogP contribution in [0.3, 0.4) is 0 Å². The van der Waals surface area contributed by atoms with E-state index in [-0.39, 0.29) is 0 Å². The summed E-state index contributed by atoms with van der Waals surface area (Å²) >= 11 is 0. The molecule has 0 atom stereocenters. The molecule has 3 rings (SSSR count). The lowest BCUT2D eigenvalue weighted by Crippen LogP contribution is -2.33. The number of amides is 1. The molecule has 1 amide bonds. The van der Waals surface area contributed by atoms with Crippen LogP contribution in [0.1, 0.15) is 12.1 Å². The van der Waals surface area contributed by atoms with Crippen molar-refractivity contribution < 1.29 is 14.6 Å². The summed E-state index contributed by atoms with van der Waals surface area (Å²) in [5.74, 6) is 0.716. The van der Waals surface area contributed by atoms with Crippen LogP contribution in [0.4, 0.5) is 4.79 Å². The van der Waals surface area contributed by atoms with E-state index in [1.54, 1.807) is 11.8 Å². The molecular weight excluding hydrogens is 284 g/mol. The zero-order valence-corrected chi connectivity index (χ0v) is 12.1. The molecule has 0 radical (unpaired) electrons. The molecule has 0 saturated heterocycles. The number of carbonyl (C=O) groups is 1. The molecule has 2 heterocycles. The standard InChI is InChI=1S/C15H16N4O3/c1-22-14-5-3-2-4-13(14)19-10-12(16-17-19)11-6-8-18(9-7-11)15(20)21/h2-6,10H,7-9H2,1H3,(H,20,21). The van der Waals surface area contributed by atoms with Crippen molar-refractivity contribution in [1.29, 1.82) is 0 Å². The molecule has 2 aromatic rings. The Morgan fingerprint density at radius 1 is 1.36 bits per heavy atom. The molecule has 22 heavy (non-hydrogen) atoms. The van der Waals surface area contributed by atoms with E-state index in [2.05, 4.69) is 10.3 Å². The third-order valence-corrected chi connectivity index (χ3v) is 3.63. The van der Waals surface area contributed by atoms with Crippen molar-refractivity contribution in [3.63, 3.8) is 0 Å². The highest BCUT2D eigenvalue weighted by atomic mass is 16.5. The second-order valence-corrected chi connectivity index (χ2v) is 4.93. The fraction of sp³-hybridized carbons (Fsp3) is 0.267. The van der Waals surface area contributed by atoms with Crippen molar-refractivity contribution in [1.82, 2.24) is 19.9 Å². The second-order valence-electron chi connectivity index (χ2n) is 4.93. The van der Waals surface area contributed by atoms with E-state index >= 15 is 0 Å². The molecule has 1 aromatic heterocycles. The minimum Gasteiger partial charge on any atom is -0.494 e. The van der Waals surface area contributed by atoms with Crippen molar-refractivity contribution in [3.05, 3.63) is 42.2 Å². The van der Waals surface area contributed by atoms with Gasteiger partial charge < -0.3 is 14.7 Å². The number of hydrogen-bond donors (Lipinski definition) is 1. The van der Waals surface area contributed by atoms with Gasteiger partial charge in [0.15, 0.2) is 0 Å². The van der Waals surface area contributed by atoms with Gasteiger partial charge in [0.1, 0.15) is 17.1 Å². The Hall–Kier alpha value is -2.83. The van der Waals surface area contributed by atoms with Gasteiger partial charge in [0.25, 0.3) is 0 Å². The molecule has 0 spiro atoms. The summed E-state index contributed by atoms with van der Waals surface area (Å²) in [6, 6.07) is 7.56. The van der Waals surface area contributed by atoms with Gasteiger partial charge in [-0.3, -0.25) is 0 Å². The highest BCUT2D eigenvalue weighted by molar-refractivity contribution is 5.69. The molecule has 7 heteroatoms. The van der Waals surface area contributed by atoms with Crippen LogP contribution in [0, 0.1) is 0 Å². The van der Waals surface area contributed by atoms with Crippen LogP contribution in [0.2, 0.25) is 0 Å². The van der Waals surface area contributed by atoms with Gasteiger partial charge in [-0.05, 0) is 24.1 Å². The van der Waals surface area contributed by atoms with Crippen LogP contribution in [0.15, 0.2) is 36.5 Å². The predicted octanol–water partition coefficient (Wildman–Crippen LogP) is 2.04. The minimum absolute atomic E-state index is 0.381. The smallest absolute Gasteiger partial charge is 0.407 e. The molecule has 0 saturated carbocycles. The first-order valence-electron chi connectivity index (χ1n) is 6.92. The molecule has 0 fully saturated rings. The Labute approximate surface area is 127 Å². The first-order chi connectivity index (χ1) is 10.7. The highest BCUT2D eigenvalue weighted by Gasteiger charge is 2.18. The van der Waals surface area contributed by atoms with Gasteiger partial charge >= 0.3 is 6.09 Å². The fourth-order valence-corrected chi connectivity index (χ4v) is 2.42. The number of methoxy groups -OCH3 is 1. The first-order valence-corrected chi connectivity index (χ1v) is 6.92. The summed E-state index contributed by atoms with van der Waals surface area (Å²) in [7, 11) is 1.61. The Morgan fingerprint density at radius 2 is 2.18 bits per heavy atom. The zero-order chi connectivity index (χ0) is 15.5. The van der Waals surface area contributed by atoms with Crippen LogP contribution < -0.4 is 4.74 Å². The molecule has 1 aromatic carbocycles. The molecule has 7 nitrogen and oxygen atoms in total. The average molecular weight is 300 g/mol.